The molecular formula is C15H24O4. The van der Waals surface area contributed by atoms with Crippen molar-refractivity contribution in [1.82, 2.24) is 0 Å². The molecule has 1 aliphatic heterocycles. The number of hydrogen-bond acceptors (Lipinski definition) is 4. The zero-order valence-electron chi connectivity index (χ0n) is 12.0. The van der Waals surface area contributed by atoms with E-state index >= 15 is 0 Å². The van der Waals surface area contributed by atoms with E-state index in [4.69, 9.17) is 9.47 Å². The lowest BCUT2D eigenvalue weighted by Crippen LogP contribution is -2.46. The van der Waals surface area contributed by atoms with E-state index in [-0.39, 0.29) is 5.57 Å². The van der Waals surface area contributed by atoms with Gasteiger partial charge < -0.3 is 9.47 Å². The average Bonchev–Trinajstić information content (AvgIpc) is 2.32. The van der Waals surface area contributed by atoms with E-state index in [1.807, 2.05) is 0 Å². The van der Waals surface area contributed by atoms with Gasteiger partial charge in [-0.1, -0.05) is 46.1 Å². The zero-order valence-corrected chi connectivity index (χ0v) is 12.0. The van der Waals surface area contributed by atoms with Crippen molar-refractivity contribution in [2.45, 2.75) is 71.0 Å². The Kier molecular flexibility index (Phi) is 6.06. The number of hydrogen-bond donors (Lipinski definition) is 0. The maximum atomic E-state index is 11.5. The second kappa shape index (κ2) is 7.31. The van der Waals surface area contributed by atoms with Gasteiger partial charge in [0.1, 0.15) is 5.57 Å². The fourth-order valence-corrected chi connectivity index (χ4v) is 2.21. The second-order valence-corrected chi connectivity index (χ2v) is 5.14. The molecule has 1 heterocycles. The minimum Gasteiger partial charge on any atom is -0.419 e. The van der Waals surface area contributed by atoms with Crippen molar-refractivity contribution in [3.8, 4) is 0 Å². The Balaban J connectivity index is 0.000000550. The summed E-state index contributed by atoms with van der Waals surface area (Å²) in [4.78, 5) is 22.9. The van der Waals surface area contributed by atoms with Crippen LogP contribution in [0.2, 0.25) is 0 Å². The van der Waals surface area contributed by atoms with Gasteiger partial charge in [0.15, 0.2) is 0 Å². The van der Waals surface area contributed by atoms with Crippen LogP contribution in [0.3, 0.4) is 0 Å². The third-order valence-electron chi connectivity index (χ3n) is 3.17. The van der Waals surface area contributed by atoms with Crippen LogP contribution in [0, 0.1) is 0 Å². The molecule has 2 fully saturated rings. The number of carbonyl (C=O) groups is 2. The summed E-state index contributed by atoms with van der Waals surface area (Å²) in [6.45, 7) is 7.60. The quantitative estimate of drug-likeness (QED) is 0.383. The Morgan fingerprint density at radius 1 is 0.947 bits per heavy atom. The van der Waals surface area contributed by atoms with Crippen molar-refractivity contribution in [3.05, 3.63) is 12.2 Å². The summed E-state index contributed by atoms with van der Waals surface area (Å²) < 4.78 is 10.5. The highest BCUT2D eigenvalue weighted by Gasteiger charge is 2.44. The third-order valence-corrected chi connectivity index (χ3v) is 3.17. The van der Waals surface area contributed by atoms with Gasteiger partial charge in [0.2, 0.25) is 0 Å². The van der Waals surface area contributed by atoms with Gasteiger partial charge in [-0.15, -0.1) is 0 Å². The van der Waals surface area contributed by atoms with Crippen LogP contribution in [-0.2, 0) is 19.1 Å². The predicted molar refractivity (Wildman–Crippen MR) is 72.3 cm³/mol. The molecule has 0 unspecified atom stereocenters. The molecule has 1 aliphatic carbocycles. The first-order valence-electron chi connectivity index (χ1n) is 7.20. The van der Waals surface area contributed by atoms with Crippen molar-refractivity contribution in [1.29, 1.82) is 0 Å². The first-order chi connectivity index (χ1) is 9.04. The van der Waals surface area contributed by atoms with Gasteiger partial charge in [0.25, 0.3) is 5.79 Å². The maximum absolute atomic E-state index is 11.5. The highest BCUT2D eigenvalue weighted by atomic mass is 16.7. The van der Waals surface area contributed by atoms with E-state index in [9.17, 15) is 9.59 Å². The minimum atomic E-state index is -1.00. The molecule has 0 amide bonds. The molecule has 0 aromatic heterocycles. The number of ether oxygens (including phenoxy) is 2. The number of rotatable bonds is 0. The lowest BCUT2D eigenvalue weighted by Gasteiger charge is -2.37. The van der Waals surface area contributed by atoms with E-state index in [0.29, 0.717) is 12.8 Å². The monoisotopic (exact) mass is 268 g/mol. The molecule has 0 aromatic rings. The van der Waals surface area contributed by atoms with Crippen LogP contribution >= 0.6 is 0 Å². The molecule has 0 aromatic carbocycles. The van der Waals surface area contributed by atoms with Gasteiger partial charge in [-0.2, -0.15) is 0 Å². The Labute approximate surface area is 115 Å². The molecule has 2 rings (SSSR count). The minimum absolute atomic E-state index is 0.201. The molecule has 0 atom stereocenters. The van der Waals surface area contributed by atoms with Gasteiger partial charge in [-0.25, -0.2) is 9.59 Å². The highest BCUT2D eigenvalue weighted by molar-refractivity contribution is 6.14. The topological polar surface area (TPSA) is 52.6 Å². The van der Waals surface area contributed by atoms with Crippen LogP contribution in [0.4, 0.5) is 0 Å². The van der Waals surface area contributed by atoms with E-state index < -0.39 is 17.7 Å². The molecule has 1 spiro atoms. The van der Waals surface area contributed by atoms with Gasteiger partial charge >= 0.3 is 11.9 Å². The first kappa shape index (κ1) is 15.7. The van der Waals surface area contributed by atoms with Crippen LogP contribution < -0.4 is 0 Å². The van der Waals surface area contributed by atoms with Crippen LogP contribution in [0.25, 0.3) is 0 Å². The molecule has 1 saturated carbocycles. The predicted octanol–water partition coefficient (Wildman–Crippen LogP) is 3.50. The lowest BCUT2D eigenvalue weighted by atomic mass is 9.94. The summed E-state index contributed by atoms with van der Waals surface area (Å²) in [5.41, 5.74) is -0.201. The Morgan fingerprint density at radius 3 is 1.74 bits per heavy atom. The summed E-state index contributed by atoms with van der Waals surface area (Å²) in [6.07, 6.45) is 7.70. The Bertz CT molecular complexity index is 316. The van der Waals surface area contributed by atoms with Crippen molar-refractivity contribution < 1.29 is 19.1 Å². The van der Waals surface area contributed by atoms with Gasteiger partial charge in [-0.3, -0.25) is 0 Å². The van der Waals surface area contributed by atoms with Crippen LogP contribution in [-0.4, -0.2) is 17.7 Å². The summed E-state index contributed by atoms with van der Waals surface area (Å²) in [6, 6.07) is 0. The number of carbonyl (C=O) groups excluding carboxylic acids is 2. The second-order valence-electron chi connectivity index (χ2n) is 5.14. The fourth-order valence-electron chi connectivity index (χ4n) is 2.21. The highest BCUT2D eigenvalue weighted by Crippen LogP contribution is 2.34. The van der Waals surface area contributed by atoms with E-state index in [1.165, 1.54) is 12.8 Å². The lowest BCUT2D eigenvalue weighted by molar-refractivity contribution is -0.241. The standard InChI is InChI=1S/C12H16O4.C3H8/c1-9-10(13)15-12(16-11(9)14)7-5-3-2-4-6-8-12;1-3-2/h1-8H2;3H2,1-2H3. The molecule has 2 aliphatic rings. The van der Waals surface area contributed by atoms with Crippen LogP contribution in [0.5, 0.6) is 0 Å². The summed E-state index contributed by atoms with van der Waals surface area (Å²) >= 11 is 0. The van der Waals surface area contributed by atoms with Gasteiger partial charge in [0.05, 0.1) is 0 Å². The van der Waals surface area contributed by atoms with Gasteiger partial charge in [0, 0.05) is 12.8 Å². The molecule has 0 radical (unpaired) electrons. The summed E-state index contributed by atoms with van der Waals surface area (Å²) in [7, 11) is 0. The molecule has 0 N–H and O–H groups in total. The largest absolute Gasteiger partial charge is 0.419 e. The maximum Gasteiger partial charge on any atom is 0.348 e. The molecule has 19 heavy (non-hydrogen) atoms. The fraction of sp³-hybridized carbons (Fsp3) is 0.733. The van der Waals surface area contributed by atoms with Crippen molar-refractivity contribution in [2.24, 2.45) is 0 Å². The molecule has 108 valence electrons. The van der Waals surface area contributed by atoms with Gasteiger partial charge in [-0.05, 0) is 12.8 Å². The summed E-state index contributed by atoms with van der Waals surface area (Å²) in [5, 5.41) is 0. The van der Waals surface area contributed by atoms with E-state index in [2.05, 4.69) is 20.4 Å². The van der Waals surface area contributed by atoms with E-state index in [0.717, 1.165) is 25.7 Å². The average molecular weight is 268 g/mol. The SMILES string of the molecule is C=C1C(=O)OC2(CCCCCCC2)OC1=O.CCC. The van der Waals surface area contributed by atoms with Crippen LogP contribution in [0.1, 0.15) is 65.2 Å². The molecule has 4 nitrogen and oxygen atoms in total. The Morgan fingerprint density at radius 2 is 1.32 bits per heavy atom. The molecule has 0 bridgehead atoms. The smallest absolute Gasteiger partial charge is 0.348 e. The third kappa shape index (κ3) is 4.37. The molecular weight excluding hydrogens is 244 g/mol. The van der Waals surface area contributed by atoms with Crippen molar-refractivity contribution in [3.63, 3.8) is 0 Å². The summed E-state index contributed by atoms with van der Waals surface area (Å²) in [5.74, 6) is -2.26. The van der Waals surface area contributed by atoms with Crippen molar-refractivity contribution >= 4 is 11.9 Å². The van der Waals surface area contributed by atoms with Crippen LogP contribution in [0.15, 0.2) is 12.2 Å². The number of esters is 2. The van der Waals surface area contributed by atoms with E-state index in [1.54, 1.807) is 0 Å². The molecule has 4 heteroatoms. The molecule has 1 saturated heterocycles. The zero-order chi connectivity index (χ0) is 14.3. The normalized spacial score (nSPS) is 22.5. The first-order valence-corrected chi connectivity index (χ1v) is 7.20. The van der Waals surface area contributed by atoms with Crippen molar-refractivity contribution in [2.75, 3.05) is 0 Å². The Hall–Kier alpha value is -1.32.